The molecule has 2 rings (SSSR count). The summed E-state index contributed by atoms with van der Waals surface area (Å²) in [5, 5.41) is 3.63. The summed E-state index contributed by atoms with van der Waals surface area (Å²) in [6.07, 6.45) is 4.38. The molecule has 0 aliphatic rings. The highest BCUT2D eigenvalue weighted by atomic mass is 35.6. The Morgan fingerprint density at radius 3 is 2.24 bits per heavy atom. The molecule has 0 saturated carbocycles. The van der Waals surface area contributed by atoms with Gasteiger partial charge in [0.15, 0.2) is 15.7 Å². The van der Waals surface area contributed by atoms with Crippen LogP contribution in [0.5, 0.6) is 0 Å². The Bertz CT molecular complexity index is 762. The Morgan fingerprint density at radius 1 is 1.14 bits per heavy atom. The molecule has 21 heavy (non-hydrogen) atoms. The maximum Gasteiger partial charge on any atom is 0.279 e. The first kappa shape index (κ1) is 16.3. The molecule has 1 aromatic heterocycles. The lowest BCUT2D eigenvalue weighted by Crippen LogP contribution is -1.99. The topological polar surface area (TPSA) is 73.1 Å². The largest absolute Gasteiger partial charge is 0.334 e. The maximum atomic E-state index is 11.3. The van der Waals surface area contributed by atoms with Gasteiger partial charge in [0.25, 0.3) is 9.68 Å². The van der Waals surface area contributed by atoms with Gasteiger partial charge in [0, 0.05) is 6.26 Å². The van der Waals surface area contributed by atoms with Crippen molar-refractivity contribution < 1.29 is 12.9 Å². The number of sulfone groups is 1. The summed E-state index contributed by atoms with van der Waals surface area (Å²) >= 11 is 16.8. The molecule has 0 spiro atoms. The van der Waals surface area contributed by atoms with E-state index in [4.69, 9.17) is 39.3 Å². The average molecular weight is 368 g/mol. The van der Waals surface area contributed by atoms with Crippen molar-refractivity contribution in [1.29, 1.82) is 0 Å². The van der Waals surface area contributed by atoms with E-state index in [2.05, 4.69) is 10.1 Å². The van der Waals surface area contributed by atoms with Crippen LogP contribution in [0, 0.1) is 0 Å². The van der Waals surface area contributed by atoms with Gasteiger partial charge in [0.2, 0.25) is 0 Å². The zero-order valence-electron chi connectivity index (χ0n) is 10.6. The number of aromatic nitrogens is 2. The van der Waals surface area contributed by atoms with Crippen molar-refractivity contribution >= 4 is 56.8 Å². The highest BCUT2D eigenvalue weighted by Crippen LogP contribution is 2.36. The molecule has 0 amide bonds. The number of rotatable bonds is 3. The van der Waals surface area contributed by atoms with Gasteiger partial charge >= 0.3 is 0 Å². The molecule has 112 valence electrons. The maximum absolute atomic E-state index is 11.3. The van der Waals surface area contributed by atoms with Crippen LogP contribution in [-0.2, 0) is 13.6 Å². The number of halogens is 3. The number of nitrogens with zero attached hydrogens (tertiary/aromatic N) is 2. The third-order valence-corrected chi connectivity index (χ3v) is 4.03. The summed E-state index contributed by atoms with van der Waals surface area (Å²) in [6.45, 7) is 0. The van der Waals surface area contributed by atoms with Crippen LogP contribution in [0.15, 0.2) is 33.7 Å². The van der Waals surface area contributed by atoms with Gasteiger partial charge in [-0.25, -0.2) is 8.42 Å². The lowest BCUT2D eigenvalue weighted by molar-refractivity contribution is 0.381. The third-order valence-electron chi connectivity index (χ3n) is 2.42. The van der Waals surface area contributed by atoms with Crippen LogP contribution >= 0.6 is 34.8 Å². The van der Waals surface area contributed by atoms with E-state index < -0.39 is 13.6 Å². The van der Waals surface area contributed by atoms with Crippen LogP contribution in [-0.4, -0.2) is 24.8 Å². The highest BCUT2D eigenvalue weighted by molar-refractivity contribution is 7.90. The van der Waals surface area contributed by atoms with Gasteiger partial charge in [-0.15, -0.1) is 0 Å². The number of benzene rings is 1. The molecule has 0 unspecified atom stereocenters. The molecular formula is C12H9Cl3N2O3S. The molecule has 0 atom stereocenters. The summed E-state index contributed by atoms with van der Waals surface area (Å²) in [7, 11) is -3.21. The standard InChI is InChI=1S/C12H9Cl3N2O3S/c1-21(18,19)9-5-2-8(3-6-9)4-7-10-16-11(20-17-10)12(13,14)15/h2-7H,1H3. The average Bonchev–Trinajstić information content (AvgIpc) is 2.84. The number of alkyl halides is 3. The molecule has 0 aliphatic carbocycles. The minimum absolute atomic E-state index is 0.125. The van der Waals surface area contributed by atoms with Crippen molar-refractivity contribution in [2.24, 2.45) is 0 Å². The molecule has 1 heterocycles. The number of hydrogen-bond donors (Lipinski definition) is 0. The van der Waals surface area contributed by atoms with Crippen LogP contribution < -0.4 is 0 Å². The molecule has 0 N–H and O–H groups in total. The van der Waals surface area contributed by atoms with Gasteiger partial charge in [-0.3, -0.25) is 0 Å². The first-order chi connectivity index (χ1) is 9.66. The van der Waals surface area contributed by atoms with Gasteiger partial charge in [-0.2, -0.15) is 4.98 Å². The minimum Gasteiger partial charge on any atom is -0.334 e. The predicted molar refractivity (Wildman–Crippen MR) is 82.0 cm³/mol. The summed E-state index contributed by atoms with van der Waals surface area (Å²) < 4.78 is 25.7. The van der Waals surface area contributed by atoms with Crippen LogP contribution in [0.4, 0.5) is 0 Å². The molecule has 0 radical (unpaired) electrons. The lowest BCUT2D eigenvalue weighted by Gasteiger charge is -2.01. The summed E-state index contributed by atoms with van der Waals surface area (Å²) in [4.78, 5) is 4.14. The number of hydrogen-bond acceptors (Lipinski definition) is 5. The monoisotopic (exact) mass is 366 g/mol. The van der Waals surface area contributed by atoms with Crippen LogP contribution in [0.3, 0.4) is 0 Å². The molecule has 1 aromatic carbocycles. The molecule has 2 aromatic rings. The van der Waals surface area contributed by atoms with E-state index in [0.717, 1.165) is 11.8 Å². The molecule has 5 nitrogen and oxygen atoms in total. The summed E-state index contributed by atoms with van der Waals surface area (Å²) in [5.74, 6) is 0.114. The fraction of sp³-hybridized carbons (Fsp3) is 0.167. The van der Waals surface area contributed by atoms with Gasteiger partial charge in [-0.1, -0.05) is 58.2 Å². The molecule has 9 heteroatoms. The van der Waals surface area contributed by atoms with E-state index in [1.807, 2.05) is 0 Å². The zero-order valence-corrected chi connectivity index (χ0v) is 13.7. The van der Waals surface area contributed by atoms with E-state index in [9.17, 15) is 8.42 Å². The SMILES string of the molecule is CS(=O)(=O)c1ccc(C=Cc2noc(C(Cl)(Cl)Cl)n2)cc1. The Morgan fingerprint density at radius 2 is 1.76 bits per heavy atom. The van der Waals surface area contributed by atoms with E-state index in [0.29, 0.717) is 0 Å². The fourth-order valence-corrected chi connectivity index (χ4v) is 2.28. The first-order valence-corrected chi connectivity index (χ1v) is 8.58. The predicted octanol–water partition coefficient (Wildman–Crippen LogP) is 3.47. The van der Waals surface area contributed by atoms with Crippen molar-refractivity contribution in [2.75, 3.05) is 6.26 Å². The first-order valence-electron chi connectivity index (χ1n) is 5.55. The summed E-state index contributed by atoms with van der Waals surface area (Å²) in [5.41, 5.74) is 0.766. The van der Waals surface area contributed by atoms with E-state index in [1.165, 1.54) is 12.1 Å². The Balaban J connectivity index is 2.16. The van der Waals surface area contributed by atoms with Crippen molar-refractivity contribution in [3.8, 4) is 0 Å². The van der Waals surface area contributed by atoms with Crippen molar-refractivity contribution in [2.45, 2.75) is 8.69 Å². The molecule has 0 bridgehead atoms. The second kappa shape index (κ2) is 5.96. The molecule has 0 saturated heterocycles. The quantitative estimate of drug-likeness (QED) is 0.777. The van der Waals surface area contributed by atoms with Crippen molar-refractivity contribution in [1.82, 2.24) is 10.1 Å². The summed E-state index contributed by atoms with van der Waals surface area (Å²) in [6, 6.07) is 6.33. The van der Waals surface area contributed by atoms with E-state index in [-0.39, 0.29) is 16.6 Å². The minimum atomic E-state index is -3.21. The van der Waals surface area contributed by atoms with Gasteiger partial charge in [0.1, 0.15) is 0 Å². The molecule has 0 aliphatic heterocycles. The van der Waals surface area contributed by atoms with Crippen molar-refractivity contribution in [3.05, 3.63) is 41.5 Å². The fourth-order valence-electron chi connectivity index (χ4n) is 1.41. The molecular weight excluding hydrogens is 359 g/mol. The van der Waals surface area contributed by atoms with Crippen LogP contribution in [0.1, 0.15) is 17.3 Å². The van der Waals surface area contributed by atoms with Crippen LogP contribution in [0.2, 0.25) is 0 Å². The Hall–Kier alpha value is -1.08. The van der Waals surface area contributed by atoms with Crippen molar-refractivity contribution in [3.63, 3.8) is 0 Å². The second-order valence-electron chi connectivity index (χ2n) is 4.13. The third kappa shape index (κ3) is 4.44. The normalized spacial score (nSPS) is 13.0. The lowest BCUT2D eigenvalue weighted by atomic mass is 10.2. The van der Waals surface area contributed by atoms with Gasteiger partial charge < -0.3 is 4.52 Å². The smallest absolute Gasteiger partial charge is 0.279 e. The van der Waals surface area contributed by atoms with Gasteiger partial charge in [0.05, 0.1) is 4.90 Å². The second-order valence-corrected chi connectivity index (χ2v) is 8.43. The highest BCUT2D eigenvalue weighted by Gasteiger charge is 2.30. The van der Waals surface area contributed by atoms with Crippen LogP contribution in [0.25, 0.3) is 12.2 Å². The molecule has 0 fully saturated rings. The Labute approximate surface area is 136 Å². The Kier molecular flexibility index (Phi) is 4.63. The zero-order chi connectivity index (χ0) is 15.7. The van der Waals surface area contributed by atoms with E-state index >= 15 is 0 Å². The van der Waals surface area contributed by atoms with E-state index in [1.54, 1.807) is 24.3 Å². The van der Waals surface area contributed by atoms with Gasteiger partial charge in [-0.05, 0) is 23.8 Å².